The van der Waals surface area contributed by atoms with Crippen LogP contribution in [0.4, 0.5) is 4.39 Å². The second-order valence-electron chi connectivity index (χ2n) is 4.50. The second-order valence-corrected chi connectivity index (χ2v) is 5.35. The van der Waals surface area contributed by atoms with Crippen LogP contribution in [-0.4, -0.2) is 5.11 Å². The van der Waals surface area contributed by atoms with Gasteiger partial charge in [-0.25, -0.2) is 4.39 Å². The third-order valence-electron chi connectivity index (χ3n) is 3.32. The van der Waals surface area contributed by atoms with Gasteiger partial charge in [0.25, 0.3) is 0 Å². The van der Waals surface area contributed by atoms with Crippen LogP contribution in [0.5, 0.6) is 5.75 Å². The molecule has 2 rings (SSSR count). The van der Waals surface area contributed by atoms with E-state index in [-0.39, 0.29) is 16.0 Å². The summed E-state index contributed by atoms with van der Waals surface area (Å²) in [6.45, 7) is 0. The third-order valence-corrected chi connectivity index (χ3v) is 3.93. The average Bonchev–Trinajstić information content (AvgIpc) is 2.24. The predicted octanol–water partition coefficient (Wildman–Crippen LogP) is 3.41. The molecule has 0 bridgehead atoms. The Balaban J connectivity index is 2.42. The number of hydrogen-bond donors (Lipinski definition) is 2. The molecular formula is C12H15BrFNO. The van der Waals surface area contributed by atoms with Crippen molar-refractivity contribution in [3.63, 3.8) is 0 Å². The van der Waals surface area contributed by atoms with Crippen molar-refractivity contribution >= 4 is 15.9 Å². The van der Waals surface area contributed by atoms with E-state index >= 15 is 0 Å². The van der Waals surface area contributed by atoms with Crippen molar-refractivity contribution in [2.45, 2.75) is 37.6 Å². The number of benzene rings is 1. The van der Waals surface area contributed by atoms with Gasteiger partial charge in [-0.2, -0.15) is 0 Å². The Kier molecular flexibility index (Phi) is 3.22. The summed E-state index contributed by atoms with van der Waals surface area (Å²) in [6.07, 6.45) is 4.85. The van der Waals surface area contributed by atoms with Crippen molar-refractivity contribution in [1.29, 1.82) is 0 Å². The quantitative estimate of drug-likeness (QED) is 0.831. The maximum atomic E-state index is 13.5. The molecule has 2 nitrogen and oxygen atoms in total. The molecule has 0 spiro atoms. The van der Waals surface area contributed by atoms with Crippen molar-refractivity contribution in [3.8, 4) is 5.75 Å². The molecule has 16 heavy (non-hydrogen) atoms. The molecule has 1 aromatic carbocycles. The van der Waals surface area contributed by atoms with Gasteiger partial charge in [0.2, 0.25) is 0 Å². The summed E-state index contributed by atoms with van der Waals surface area (Å²) in [6, 6.07) is 2.73. The van der Waals surface area contributed by atoms with E-state index in [0.717, 1.165) is 25.7 Å². The summed E-state index contributed by atoms with van der Waals surface area (Å²) in [7, 11) is 0. The fraction of sp³-hybridized carbons (Fsp3) is 0.500. The zero-order valence-corrected chi connectivity index (χ0v) is 10.6. The van der Waals surface area contributed by atoms with Gasteiger partial charge in [-0.1, -0.05) is 19.3 Å². The van der Waals surface area contributed by atoms with Crippen LogP contribution in [0, 0.1) is 5.82 Å². The van der Waals surface area contributed by atoms with Gasteiger partial charge in [-0.05, 0) is 40.9 Å². The van der Waals surface area contributed by atoms with Crippen molar-refractivity contribution in [2.24, 2.45) is 5.73 Å². The minimum absolute atomic E-state index is 0.0812. The molecule has 0 saturated heterocycles. The summed E-state index contributed by atoms with van der Waals surface area (Å²) in [5.74, 6) is -0.291. The topological polar surface area (TPSA) is 46.2 Å². The second kappa shape index (κ2) is 4.34. The Morgan fingerprint density at radius 3 is 2.50 bits per heavy atom. The lowest BCUT2D eigenvalue weighted by molar-refractivity contribution is 0.291. The molecule has 4 heteroatoms. The number of hydrogen-bond acceptors (Lipinski definition) is 2. The highest BCUT2D eigenvalue weighted by molar-refractivity contribution is 9.10. The highest BCUT2D eigenvalue weighted by atomic mass is 79.9. The molecule has 1 saturated carbocycles. The largest absolute Gasteiger partial charge is 0.508 e. The highest BCUT2D eigenvalue weighted by Crippen LogP contribution is 2.40. The minimum atomic E-state index is -0.566. The minimum Gasteiger partial charge on any atom is -0.508 e. The molecule has 0 aliphatic heterocycles. The normalized spacial score (nSPS) is 19.7. The number of nitrogens with two attached hydrogens (primary N) is 1. The molecule has 0 radical (unpaired) electrons. The van der Waals surface area contributed by atoms with Gasteiger partial charge in [0.1, 0.15) is 11.6 Å². The molecule has 0 unspecified atom stereocenters. The highest BCUT2D eigenvalue weighted by Gasteiger charge is 2.32. The van der Waals surface area contributed by atoms with E-state index in [9.17, 15) is 9.50 Å². The van der Waals surface area contributed by atoms with Crippen LogP contribution < -0.4 is 5.73 Å². The Labute approximate surface area is 103 Å². The molecule has 88 valence electrons. The summed E-state index contributed by atoms with van der Waals surface area (Å²) in [5.41, 5.74) is 6.23. The number of phenolic OH excluding ortho intramolecular Hbond substituents is 1. The van der Waals surface area contributed by atoms with Crippen molar-refractivity contribution in [1.82, 2.24) is 0 Å². The van der Waals surface area contributed by atoms with Crippen molar-refractivity contribution in [2.75, 3.05) is 0 Å². The third kappa shape index (κ3) is 2.09. The SMILES string of the molecule is NC1(c2cc(F)c(Br)cc2O)CCCCC1. The first-order valence-corrected chi connectivity index (χ1v) is 6.30. The molecule has 1 aromatic rings. The molecule has 1 aliphatic rings. The monoisotopic (exact) mass is 287 g/mol. The van der Waals surface area contributed by atoms with Crippen molar-refractivity contribution in [3.05, 3.63) is 28.0 Å². The first kappa shape index (κ1) is 11.9. The number of phenols is 1. The van der Waals surface area contributed by atoms with Gasteiger partial charge in [0, 0.05) is 11.1 Å². The van der Waals surface area contributed by atoms with E-state index in [0.29, 0.717) is 5.56 Å². The van der Waals surface area contributed by atoms with Crippen LogP contribution in [0.25, 0.3) is 0 Å². The molecule has 3 N–H and O–H groups in total. The lowest BCUT2D eigenvalue weighted by atomic mass is 9.77. The Bertz CT molecular complexity index is 402. The van der Waals surface area contributed by atoms with E-state index in [1.165, 1.54) is 18.6 Å². The van der Waals surface area contributed by atoms with Gasteiger partial charge in [0.05, 0.1) is 4.47 Å². The van der Waals surface area contributed by atoms with Crippen LogP contribution in [0.3, 0.4) is 0 Å². The molecular weight excluding hydrogens is 273 g/mol. The van der Waals surface area contributed by atoms with E-state index < -0.39 is 5.54 Å². The maximum Gasteiger partial charge on any atom is 0.137 e. The summed E-state index contributed by atoms with van der Waals surface area (Å²) < 4.78 is 13.7. The first-order valence-electron chi connectivity index (χ1n) is 5.50. The average molecular weight is 288 g/mol. The molecule has 0 heterocycles. The van der Waals surface area contributed by atoms with Gasteiger partial charge in [-0.3, -0.25) is 0 Å². The standard InChI is InChI=1S/C12H15BrFNO/c13-9-7-11(16)8(6-10(9)14)12(15)4-2-1-3-5-12/h6-7,16H,1-5,15H2. The Morgan fingerprint density at radius 2 is 1.88 bits per heavy atom. The summed E-state index contributed by atoms with van der Waals surface area (Å²) in [5, 5.41) is 9.86. The summed E-state index contributed by atoms with van der Waals surface area (Å²) >= 11 is 3.05. The first-order chi connectivity index (χ1) is 7.53. The van der Waals surface area contributed by atoms with Crippen LogP contribution in [0.2, 0.25) is 0 Å². The number of rotatable bonds is 1. The van der Waals surface area contributed by atoms with E-state index in [4.69, 9.17) is 5.73 Å². The van der Waals surface area contributed by atoms with Crippen LogP contribution in [0.15, 0.2) is 16.6 Å². The molecule has 1 aliphatic carbocycles. The Hall–Kier alpha value is -0.610. The maximum absolute atomic E-state index is 13.5. The van der Waals surface area contributed by atoms with Crippen LogP contribution >= 0.6 is 15.9 Å². The van der Waals surface area contributed by atoms with Crippen LogP contribution in [0.1, 0.15) is 37.7 Å². The smallest absolute Gasteiger partial charge is 0.137 e. The predicted molar refractivity (Wildman–Crippen MR) is 64.7 cm³/mol. The molecule has 0 amide bonds. The van der Waals surface area contributed by atoms with Gasteiger partial charge < -0.3 is 10.8 Å². The van der Waals surface area contributed by atoms with E-state index in [1.807, 2.05) is 0 Å². The van der Waals surface area contributed by atoms with E-state index in [1.54, 1.807) is 0 Å². The Morgan fingerprint density at radius 1 is 1.25 bits per heavy atom. The zero-order valence-electron chi connectivity index (χ0n) is 8.97. The fourth-order valence-electron chi connectivity index (χ4n) is 2.39. The molecule has 1 fully saturated rings. The van der Waals surface area contributed by atoms with Crippen molar-refractivity contribution < 1.29 is 9.50 Å². The molecule has 0 aromatic heterocycles. The van der Waals surface area contributed by atoms with E-state index in [2.05, 4.69) is 15.9 Å². The summed E-state index contributed by atoms with van der Waals surface area (Å²) in [4.78, 5) is 0. The molecule has 0 atom stereocenters. The zero-order chi connectivity index (χ0) is 11.8. The lowest BCUT2D eigenvalue weighted by Gasteiger charge is -2.34. The van der Waals surface area contributed by atoms with Crippen LogP contribution in [-0.2, 0) is 5.54 Å². The van der Waals surface area contributed by atoms with Gasteiger partial charge in [-0.15, -0.1) is 0 Å². The van der Waals surface area contributed by atoms with Gasteiger partial charge in [0.15, 0.2) is 0 Å². The number of aromatic hydroxyl groups is 1. The lowest BCUT2D eigenvalue weighted by Crippen LogP contribution is -2.38. The fourth-order valence-corrected chi connectivity index (χ4v) is 2.72. The van der Waals surface area contributed by atoms with Gasteiger partial charge >= 0.3 is 0 Å². The number of halogens is 2.